The monoisotopic (exact) mass is 420 g/mol. The standard InChI is InChI=1S/C24H28N4OS/c1-16-17(2)28(19-10-5-4-6-11-19)18(3)21(16)23-22(20-12-7-8-13-25-20)26-24(30)27(23)14-9-15-29/h4-8,10-13,22-23,29H,9,14-15H2,1-3H3,(H,26,30)/t22-,23+/m1/s1. The van der Waals surface area contributed by atoms with Gasteiger partial charge >= 0.3 is 0 Å². The van der Waals surface area contributed by atoms with Crippen LogP contribution in [0.5, 0.6) is 0 Å². The third-order valence-electron chi connectivity index (χ3n) is 6.07. The Labute approximate surface area is 183 Å². The molecule has 0 aliphatic carbocycles. The van der Waals surface area contributed by atoms with Gasteiger partial charge in [-0.05, 0) is 69.2 Å². The second-order valence-electron chi connectivity index (χ2n) is 7.78. The molecule has 4 rings (SSSR count). The van der Waals surface area contributed by atoms with E-state index in [-0.39, 0.29) is 18.7 Å². The summed E-state index contributed by atoms with van der Waals surface area (Å²) < 4.78 is 2.33. The molecule has 0 radical (unpaired) electrons. The lowest BCUT2D eigenvalue weighted by Crippen LogP contribution is -2.31. The van der Waals surface area contributed by atoms with Gasteiger partial charge in [-0.1, -0.05) is 24.3 Å². The number of nitrogens with one attached hydrogen (secondary N) is 1. The van der Waals surface area contributed by atoms with Crippen LogP contribution < -0.4 is 5.32 Å². The molecule has 3 heterocycles. The normalized spacial score (nSPS) is 18.7. The third-order valence-corrected chi connectivity index (χ3v) is 6.42. The van der Waals surface area contributed by atoms with E-state index in [2.05, 4.69) is 70.9 Å². The molecular weight excluding hydrogens is 392 g/mol. The van der Waals surface area contributed by atoms with E-state index in [0.717, 1.165) is 11.4 Å². The minimum atomic E-state index is -0.0409. The van der Waals surface area contributed by atoms with Crippen LogP contribution in [0, 0.1) is 20.8 Å². The molecule has 156 valence electrons. The summed E-state index contributed by atoms with van der Waals surface area (Å²) in [7, 11) is 0. The third kappa shape index (κ3) is 3.50. The van der Waals surface area contributed by atoms with Crippen molar-refractivity contribution in [3.63, 3.8) is 0 Å². The molecule has 0 spiro atoms. The summed E-state index contributed by atoms with van der Waals surface area (Å²) >= 11 is 5.73. The molecule has 2 N–H and O–H groups in total. The Balaban J connectivity index is 1.87. The largest absolute Gasteiger partial charge is 0.396 e. The molecule has 3 aromatic rings. The number of hydrogen-bond donors (Lipinski definition) is 2. The molecule has 1 saturated heterocycles. The molecule has 5 nitrogen and oxygen atoms in total. The van der Waals surface area contributed by atoms with Gasteiger partial charge in [-0.25, -0.2) is 0 Å². The molecule has 1 fully saturated rings. The minimum absolute atomic E-state index is 0.0163. The first kappa shape index (κ1) is 20.6. The predicted molar refractivity (Wildman–Crippen MR) is 124 cm³/mol. The van der Waals surface area contributed by atoms with Gasteiger partial charge in [-0.3, -0.25) is 4.98 Å². The maximum absolute atomic E-state index is 9.45. The number of thiocarbonyl (C=S) groups is 1. The fourth-order valence-corrected chi connectivity index (χ4v) is 4.94. The van der Waals surface area contributed by atoms with Crippen molar-refractivity contribution in [1.29, 1.82) is 0 Å². The number of aliphatic hydroxyl groups excluding tert-OH is 1. The van der Waals surface area contributed by atoms with Crippen LogP contribution in [-0.2, 0) is 0 Å². The highest BCUT2D eigenvalue weighted by Crippen LogP contribution is 2.43. The van der Waals surface area contributed by atoms with Gasteiger partial charge in [0.15, 0.2) is 5.11 Å². The average Bonchev–Trinajstić information content (AvgIpc) is 3.20. The van der Waals surface area contributed by atoms with E-state index in [9.17, 15) is 5.11 Å². The Morgan fingerprint density at radius 1 is 1.03 bits per heavy atom. The van der Waals surface area contributed by atoms with Crippen molar-refractivity contribution < 1.29 is 5.11 Å². The van der Waals surface area contributed by atoms with Crippen molar-refractivity contribution in [1.82, 2.24) is 19.8 Å². The first-order valence-corrected chi connectivity index (χ1v) is 10.8. The lowest BCUT2D eigenvalue weighted by Gasteiger charge is -2.28. The molecule has 1 aliphatic heterocycles. The fraction of sp³-hybridized carbons (Fsp3) is 0.333. The van der Waals surface area contributed by atoms with Crippen LogP contribution in [0.25, 0.3) is 5.69 Å². The SMILES string of the molecule is Cc1c([C@H]2[C@@H](c3ccccn3)NC(=S)N2CCCO)c(C)n(-c2ccccc2)c1C. The van der Waals surface area contributed by atoms with Gasteiger partial charge in [0.2, 0.25) is 0 Å². The lowest BCUT2D eigenvalue weighted by molar-refractivity contribution is 0.247. The van der Waals surface area contributed by atoms with E-state index in [1.165, 1.54) is 22.5 Å². The maximum Gasteiger partial charge on any atom is 0.170 e. The van der Waals surface area contributed by atoms with Gasteiger partial charge in [-0.2, -0.15) is 0 Å². The van der Waals surface area contributed by atoms with Crippen LogP contribution in [-0.4, -0.2) is 37.8 Å². The second-order valence-corrected chi connectivity index (χ2v) is 8.16. The Bertz CT molecular complexity index is 1030. The van der Waals surface area contributed by atoms with E-state index in [1.807, 2.05) is 24.4 Å². The van der Waals surface area contributed by atoms with Crippen molar-refractivity contribution in [2.24, 2.45) is 0 Å². The summed E-state index contributed by atoms with van der Waals surface area (Å²) in [5, 5.41) is 13.7. The fourth-order valence-electron chi connectivity index (χ4n) is 4.61. The van der Waals surface area contributed by atoms with Crippen LogP contribution in [0.2, 0.25) is 0 Å². The van der Waals surface area contributed by atoms with Crippen LogP contribution in [0.3, 0.4) is 0 Å². The van der Waals surface area contributed by atoms with Crippen molar-refractivity contribution in [3.8, 4) is 5.69 Å². The van der Waals surface area contributed by atoms with E-state index in [0.29, 0.717) is 18.1 Å². The highest BCUT2D eigenvalue weighted by molar-refractivity contribution is 7.80. The van der Waals surface area contributed by atoms with Crippen LogP contribution in [0.1, 0.15) is 46.7 Å². The Morgan fingerprint density at radius 2 is 1.77 bits per heavy atom. The number of nitrogens with zero attached hydrogens (tertiary/aromatic N) is 3. The van der Waals surface area contributed by atoms with Crippen LogP contribution >= 0.6 is 12.2 Å². The summed E-state index contributed by atoms with van der Waals surface area (Å²) in [6.07, 6.45) is 2.50. The number of para-hydroxylation sites is 1. The summed E-state index contributed by atoms with van der Waals surface area (Å²) in [5.41, 5.74) is 7.11. The zero-order chi connectivity index (χ0) is 21.3. The van der Waals surface area contributed by atoms with Gasteiger partial charge < -0.3 is 19.9 Å². The van der Waals surface area contributed by atoms with Gasteiger partial charge in [-0.15, -0.1) is 0 Å². The molecule has 0 bridgehead atoms. The molecule has 2 aromatic heterocycles. The second kappa shape index (κ2) is 8.58. The van der Waals surface area contributed by atoms with Crippen LogP contribution in [0.4, 0.5) is 0 Å². The van der Waals surface area contributed by atoms with Gasteiger partial charge in [0.1, 0.15) is 0 Å². The average molecular weight is 421 g/mol. The topological polar surface area (TPSA) is 53.3 Å². The molecule has 6 heteroatoms. The first-order chi connectivity index (χ1) is 14.5. The zero-order valence-electron chi connectivity index (χ0n) is 17.7. The smallest absolute Gasteiger partial charge is 0.170 e. The van der Waals surface area contributed by atoms with E-state index < -0.39 is 0 Å². The van der Waals surface area contributed by atoms with Gasteiger partial charge in [0.25, 0.3) is 0 Å². The Morgan fingerprint density at radius 3 is 2.43 bits per heavy atom. The molecule has 0 saturated carbocycles. The first-order valence-electron chi connectivity index (χ1n) is 10.4. The Hall–Kier alpha value is -2.70. The number of aromatic nitrogens is 2. The molecule has 0 amide bonds. The predicted octanol–water partition coefficient (Wildman–Crippen LogP) is 4.15. The Kier molecular flexibility index (Phi) is 5.88. The van der Waals surface area contributed by atoms with Crippen molar-refractivity contribution in [3.05, 3.63) is 82.9 Å². The summed E-state index contributed by atoms with van der Waals surface area (Å²) in [5.74, 6) is 0. The molecule has 1 aliphatic rings. The molecular formula is C24H28N4OS. The van der Waals surface area contributed by atoms with Crippen molar-refractivity contribution >= 4 is 17.3 Å². The highest BCUT2D eigenvalue weighted by Gasteiger charge is 2.42. The number of aliphatic hydroxyl groups is 1. The maximum atomic E-state index is 9.45. The molecule has 30 heavy (non-hydrogen) atoms. The highest BCUT2D eigenvalue weighted by atomic mass is 32.1. The molecule has 0 unspecified atom stereocenters. The molecule has 1 aromatic carbocycles. The number of pyridine rings is 1. The summed E-state index contributed by atoms with van der Waals surface area (Å²) in [4.78, 5) is 6.84. The molecule has 2 atom stereocenters. The lowest BCUT2D eigenvalue weighted by atomic mass is 9.93. The van der Waals surface area contributed by atoms with Gasteiger partial charge in [0, 0.05) is 42.0 Å². The minimum Gasteiger partial charge on any atom is -0.396 e. The van der Waals surface area contributed by atoms with Crippen molar-refractivity contribution in [2.45, 2.75) is 39.3 Å². The number of benzene rings is 1. The van der Waals surface area contributed by atoms with Crippen molar-refractivity contribution in [2.75, 3.05) is 13.2 Å². The summed E-state index contributed by atoms with van der Waals surface area (Å²) in [6.45, 7) is 7.39. The van der Waals surface area contributed by atoms with E-state index in [4.69, 9.17) is 12.2 Å². The summed E-state index contributed by atoms with van der Waals surface area (Å²) in [6, 6.07) is 16.4. The quantitative estimate of drug-likeness (QED) is 0.587. The van der Waals surface area contributed by atoms with Gasteiger partial charge in [0.05, 0.1) is 17.8 Å². The number of hydrogen-bond acceptors (Lipinski definition) is 3. The van der Waals surface area contributed by atoms with E-state index in [1.54, 1.807) is 0 Å². The number of rotatable bonds is 6. The van der Waals surface area contributed by atoms with E-state index >= 15 is 0 Å². The zero-order valence-corrected chi connectivity index (χ0v) is 18.5. The van der Waals surface area contributed by atoms with Crippen LogP contribution in [0.15, 0.2) is 54.7 Å².